The molecular weight excluding hydrogens is 208 g/mol. The van der Waals surface area contributed by atoms with E-state index in [0.717, 1.165) is 10.4 Å². The minimum absolute atomic E-state index is 0. The Balaban J connectivity index is 0.00000144. The summed E-state index contributed by atoms with van der Waals surface area (Å²) in [5, 5.41) is 1.92. The van der Waals surface area contributed by atoms with E-state index in [4.69, 9.17) is 11.5 Å². The molecule has 1 aromatic rings. The monoisotopic (exact) mass is 220 g/mol. The lowest BCUT2D eigenvalue weighted by molar-refractivity contribution is -0.117. The van der Waals surface area contributed by atoms with Gasteiger partial charge in [0.05, 0.1) is 6.42 Å². The van der Waals surface area contributed by atoms with E-state index in [1.165, 1.54) is 0 Å². The van der Waals surface area contributed by atoms with Gasteiger partial charge in [0.25, 0.3) is 0 Å². The Morgan fingerprint density at radius 2 is 2.31 bits per heavy atom. The molecule has 5 heteroatoms. The summed E-state index contributed by atoms with van der Waals surface area (Å²) < 4.78 is 0. The Hall–Kier alpha value is -0.580. The van der Waals surface area contributed by atoms with Crippen molar-refractivity contribution in [3.63, 3.8) is 0 Å². The normalized spacial score (nSPS) is 11.8. The molecule has 1 atom stereocenters. The summed E-state index contributed by atoms with van der Waals surface area (Å²) >= 11 is 1.57. The number of amides is 1. The number of nitrogens with two attached hydrogens (primary N) is 2. The van der Waals surface area contributed by atoms with Gasteiger partial charge >= 0.3 is 0 Å². The number of carbonyl (C=O) groups excluding carboxylic acids is 1. The van der Waals surface area contributed by atoms with Gasteiger partial charge in [-0.05, 0) is 23.9 Å². The van der Waals surface area contributed by atoms with Crippen molar-refractivity contribution in [3.05, 3.63) is 21.9 Å². The van der Waals surface area contributed by atoms with Crippen molar-refractivity contribution in [2.45, 2.75) is 19.4 Å². The van der Waals surface area contributed by atoms with Crippen molar-refractivity contribution in [1.82, 2.24) is 0 Å². The maximum atomic E-state index is 10.5. The largest absolute Gasteiger partial charge is 0.369 e. The van der Waals surface area contributed by atoms with E-state index in [-0.39, 0.29) is 24.4 Å². The first-order valence-electron chi connectivity index (χ1n) is 3.71. The minimum atomic E-state index is -0.302. The van der Waals surface area contributed by atoms with E-state index in [9.17, 15) is 4.79 Å². The topological polar surface area (TPSA) is 69.1 Å². The van der Waals surface area contributed by atoms with Gasteiger partial charge in [-0.3, -0.25) is 4.79 Å². The van der Waals surface area contributed by atoms with E-state index in [2.05, 4.69) is 0 Å². The first-order chi connectivity index (χ1) is 5.59. The Morgan fingerprint density at radius 1 is 1.69 bits per heavy atom. The Bertz CT molecular complexity index is 285. The highest BCUT2D eigenvalue weighted by Gasteiger charge is 2.05. The van der Waals surface area contributed by atoms with Crippen LogP contribution in [0.25, 0.3) is 0 Å². The lowest BCUT2D eigenvalue weighted by Gasteiger charge is -1.97. The molecule has 1 aromatic heterocycles. The summed E-state index contributed by atoms with van der Waals surface area (Å²) in [4.78, 5) is 11.6. The molecule has 4 N–H and O–H groups in total. The average Bonchev–Trinajstić information content (AvgIpc) is 2.34. The molecule has 3 nitrogen and oxygen atoms in total. The van der Waals surface area contributed by atoms with Gasteiger partial charge in [0.15, 0.2) is 0 Å². The fourth-order valence-corrected chi connectivity index (χ4v) is 1.80. The quantitative estimate of drug-likeness (QED) is 0.804. The van der Waals surface area contributed by atoms with Crippen LogP contribution in [0.1, 0.15) is 23.4 Å². The molecular formula is C8H13ClN2OS. The molecule has 0 saturated carbocycles. The SMILES string of the molecule is C[C@@H](N)c1cc(CC(N)=O)cs1.Cl. The van der Waals surface area contributed by atoms with Crippen molar-refractivity contribution in [2.24, 2.45) is 11.5 Å². The summed E-state index contributed by atoms with van der Waals surface area (Å²) in [7, 11) is 0. The minimum Gasteiger partial charge on any atom is -0.369 e. The Labute approximate surface area is 87.5 Å². The zero-order valence-electron chi connectivity index (χ0n) is 7.32. The maximum absolute atomic E-state index is 10.5. The second-order valence-electron chi connectivity index (χ2n) is 2.79. The summed E-state index contributed by atoms with van der Waals surface area (Å²) in [5.41, 5.74) is 11.7. The molecule has 0 fully saturated rings. The summed E-state index contributed by atoms with van der Waals surface area (Å²) in [5.74, 6) is -0.302. The number of carbonyl (C=O) groups is 1. The molecule has 1 amide bonds. The van der Waals surface area contributed by atoms with E-state index in [1.807, 2.05) is 18.4 Å². The average molecular weight is 221 g/mol. The van der Waals surface area contributed by atoms with Gasteiger partial charge in [-0.25, -0.2) is 0 Å². The fourth-order valence-electron chi connectivity index (χ4n) is 0.927. The van der Waals surface area contributed by atoms with Crippen molar-refractivity contribution in [1.29, 1.82) is 0 Å². The van der Waals surface area contributed by atoms with Crippen LogP contribution in [-0.2, 0) is 11.2 Å². The molecule has 0 radical (unpaired) electrons. The molecule has 0 spiro atoms. The second-order valence-corrected chi connectivity index (χ2v) is 3.73. The number of halogens is 1. The Kier molecular flexibility index (Phi) is 4.98. The van der Waals surface area contributed by atoms with Crippen LogP contribution in [-0.4, -0.2) is 5.91 Å². The first kappa shape index (κ1) is 12.4. The van der Waals surface area contributed by atoms with Crippen LogP contribution in [0.2, 0.25) is 0 Å². The molecule has 0 bridgehead atoms. The fraction of sp³-hybridized carbons (Fsp3) is 0.375. The van der Waals surface area contributed by atoms with Crippen LogP contribution in [0, 0.1) is 0 Å². The Morgan fingerprint density at radius 3 is 2.69 bits per heavy atom. The highest BCUT2D eigenvalue weighted by Crippen LogP contribution is 2.20. The zero-order valence-corrected chi connectivity index (χ0v) is 8.95. The van der Waals surface area contributed by atoms with Crippen LogP contribution in [0.3, 0.4) is 0 Å². The third-order valence-corrected chi connectivity index (χ3v) is 2.68. The summed E-state index contributed by atoms with van der Waals surface area (Å²) in [6, 6.07) is 1.97. The molecule has 0 saturated heterocycles. The second kappa shape index (κ2) is 5.21. The number of hydrogen-bond donors (Lipinski definition) is 2. The molecule has 1 heterocycles. The maximum Gasteiger partial charge on any atom is 0.221 e. The lowest BCUT2D eigenvalue weighted by atomic mass is 10.2. The van der Waals surface area contributed by atoms with Gasteiger partial charge in [0.1, 0.15) is 0 Å². The number of thiophene rings is 1. The van der Waals surface area contributed by atoms with Crippen LogP contribution < -0.4 is 11.5 Å². The predicted molar refractivity (Wildman–Crippen MR) is 57.1 cm³/mol. The molecule has 0 aromatic carbocycles. The summed E-state index contributed by atoms with van der Waals surface area (Å²) in [6.07, 6.45) is 0.309. The van der Waals surface area contributed by atoms with Gasteiger partial charge in [-0.1, -0.05) is 0 Å². The van der Waals surface area contributed by atoms with Crippen LogP contribution >= 0.6 is 23.7 Å². The first-order valence-corrected chi connectivity index (χ1v) is 4.58. The van der Waals surface area contributed by atoms with Gasteiger partial charge in [0.2, 0.25) is 5.91 Å². The van der Waals surface area contributed by atoms with Gasteiger partial charge in [0, 0.05) is 10.9 Å². The van der Waals surface area contributed by atoms with Crippen LogP contribution in [0.4, 0.5) is 0 Å². The highest BCUT2D eigenvalue weighted by molar-refractivity contribution is 7.10. The van der Waals surface area contributed by atoms with Crippen molar-refractivity contribution >= 4 is 29.7 Å². The molecule has 1 rings (SSSR count). The van der Waals surface area contributed by atoms with Crippen LogP contribution in [0.5, 0.6) is 0 Å². The molecule has 74 valence electrons. The molecule has 13 heavy (non-hydrogen) atoms. The van der Waals surface area contributed by atoms with Crippen molar-refractivity contribution < 1.29 is 4.79 Å². The predicted octanol–water partition coefficient (Wildman–Crippen LogP) is 1.22. The number of rotatable bonds is 3. The molecule has 0 aliphatic rings. The zero-order chi connectivity index (χ0) is 9.14. The third-order valence-electron chi connectivity index (χ3n) is 1.50. The van der Waals surface area contributed by atoms with E-state index >= 15 is 0 Å². The van der Waals surface area contributed by atoms with E-state index in [0.29, 0.717) is 6.42 Å². The molecule has 0 unspecified atom stereocenters. The highest BCUT2D eigenvalue weighted by atomic mass is 35.5. The van der Waals surface area contributed by atoms with Gasteiger partial charge < -0.3 is 11.5 Å². The third kappa shape index (κ3) is 3.76. The number of hydrogen-bond acceptors (Lipinski definition) is 3. The standard InChI is InChI=1S/C8H12N2OS.ClH/c1-5(9)7-2-6(4-12-7)3-8(10)11;/h2,4-5H,3,9H2,1H3,(H2,10,11);1H/t5-;/m1./s1. The van der Waals surface area contributed by atoms with Crippen LogP contribution in [0.15, 0.2) is 11.4 Å². The number of primary amides is 1. The van der Waals surface area contributed by atoms with Crippen molar-refractivity contribution in [3.8, 4) is 0 Å². The van der Waals surface area contributed by atoms with Gasteiger partial charge in [-0.2, -0.15) is 0 Å². The van der Waals surface area contributed by atoms with Crippen molar-refractivity contribution in [2.75, 3.05) is 0 Å². The smallest absolute Gasteiger partial charge is 0.221 e. The van der Waals surface area contributed by atoms with E-state index in [1.54, 1.807) is 11.3 Å². The van der Waals surface area contributed by atoms with E-state index < -0.39 is 0 Å². The van der Waals surface area contributed by atoms with Gasteiger partial charge in [-0.15, -0.1) is 23.7 Å². The molecule has 0 aliphatic heterocycles. The summed E-state index contributed by atoms with van der Waals surface area (Å²) in [6.45, 7) is 1.92. The molecule has 0 aliphatic carbocycles. The lowest BCUT2D eigenvalue weighted by Crippen LogP contribution is -2.13.